The summed E-state index contributed by atoms with van der Waals surface area (Å²) in [7, 11) is 0. The van der Waals surface area contributed by atoms with Gasteiger partial charge < -0.3 is 9.84 Å². The van der Waals surface area contributed by atoms with Crippen LogP contribution in [0.15, 0.2) is 24.3 Å². The van der Waals surface area contributed by atoms with Crippen molar-refractivity contribution in [2.24, 2.45) is 0 Å². The van der Waals surface area contributed by atoms with Crippen molar-refractivity contribution in [3.8, 4) is 17.9 Å². The lowest BCUT2D eigenvalue weighted by Gasteiger charge is -2.10. The Labute approximate surface area is 166 Å². The van der Waals surface area contributed by atoms with Crippen LogP contribution in [0, 0.1) is 22.7 Å². The van der Waals surface area contributed by atoms with Crippen LogP contribution in [0.5, 0.6) is 5.75 Å². The van der Waals surface area contributed by atoms with Crippen LogP contribution < -0.4 is 0 Å². The van der Waals surface area contributed by atoms with Gasteiger partial charge in [0.1, 0.15) is 11.8 Å². The van der Waals surface area contributed by atoms with E-state index < -0.39 is 17.5 Å². The summed E-state index contributed by atoms with van der Waals surface area (Å²) < 4.78 is 4.77. The highest BCUT2D eigenvalue weighted by Gasteiger charge is 2.20. The van der Waals surface area contributed by atoms with Crippen LogP contribution in [0.1, 0.15) is 52.6 Å². The molecule has 0 fully saturated rings. The molecule has 2 aromatic rings. The number of carbonyl (C=O) groups excluding carboxylic acids is 2. The topological polar surface area (TPSA) is 124 Å². The van der Waals surface area contributed by atoms with E-state index in [1.54, 1.807) is 25.1 Å². The van der Waals surface area contributed by atoms with Crippen LogP contribution in [0.3, 0.4) is 0 Å². The Kier molecular flexibility index (Phi) is 7.08. The molecule has 0 aliphatic rings. The number of Topliss-reactive ketones (excluding diaryl/α,β-unsaturated/α-hetero) is 1. The summed E-state index contributed by atoms with van der Waals surface area (Å²) in [6.45, 7) is 1.85. The van der Waals surface area contributed by atoms with Crippen molar-refractivity contribution in [2.75, 3.05) is 6.61 Å². The monoisotopic (exact) mass is 397 g/mol. The fourth-order valence-corrected chi connectivity index (χ4v) is 2.79. The molecule has 1 aromatic heterocycles. The van der Waals surface area contributed by atoms with Gasteiger partial charge in [-0.25, -0.2) is 4.98 Å². The lowest BCUT2D eigenvalue weighted by Crippen LogP contribution is -2.11. The van der Waals surface area contributed by atoms with Gasteiger partial charge in [-0.05, 0) is 30.7 Å². The number of nitriles is 2. The van der Waals surface area contributed by atoms with Gasteiger partial charge in [0, 0.05) is 23.6 Å². The van der Waals surface area contributed by atoms with E-state index >= 15 is 0 Å². The maximum atomic E-state index is 12.4. The summed E-state index contributed by atoms with van der Waals surface area (Å²) in [5.74, 6) is -1.68. The number of pyridine rings is 1. The van der Waals surface area contributed by atoms with Crippen molar-refractivity contribution < 1.29 is 19.4 Å². The van der Waals surface area contributed by atoms with Crippen molar-refractivity contribution in [3.05, 3.63) is 57.4 Å². The molecule has 0 atom stereocenters. The Hall–Kier alpha value is -3.42. The predicted octanol–water partition coefficient (Wildman–Crippen LogP) is 3.30. The molecule has 7 nitrogen and oxygen atoms in total. The number of nitrogens with zero attached hydrogens (tertiary/aromatic N) is 3. The summed E-state index contributed by atoms with van der Waals surface area (Å²) in [5.41, 5.74) is 0.701. The summed E-state index contributed by atoms with van der Waals surface area (Å²) in [4.78, 5) is 28.0. The van der Waals surface area contributed by atoms with Gasteiger partial charge in [-0.3, -0.25) is 9.59 Å². The van der Waals surface area contributed by atoms with E-state index in [4.69, 9.17) is 16.3 Å². The average molecular weight is 398 g/mol. The SMILES string of the molecule is CCOC(=O)CCC(=O)c1nc(Cc2c(Cl)cccc2C#N)cc(C#N)c1O. The molecule has 0 unspecified atom stereocenters. The number of halogens is 1. The van der Waals surface area contributed by atoms with E-state index in [-0.39, 0.29) is 37.1 Å². The van der Waals surface area contributed by atoms with E-state index in [0.717, 1.165) is 0 Å². The summed E-state index contributed by atoms with van der Waals surface area (Å²) >= 11 is 6.17. The minimum atomic E-state index is -0.594. The highest BCUT2D eigenvalue weighted by atomic mass is 35.5. The number of ether oxygens (including phenoxy) is 1. The van der Waals surface area contributed by atoms with Crippen molar-refractivity contribution >= 4 is 23.4 Å². The molecule has 0 bridgehead atoms. The second-order valence-corrected chi connectivity index (χ2v) is 6.16. The molecule has 142 valence electrons. The summed E-state index contributed by atoms with van der Waals surface area (Å²) in [6.07, 6.45) is -0.290. The Bertz CT molecular complexity index is 1010. The van der Waals surface area contributed by atoms with E-state index in [9.17, 15) is 25.2 Å². The van der Waals surface area contributed by atoms with E-state index in [1.807, 2.05) is 12.1 Å². The minimum absolute atomic E-state index is 0.0929. The molecule has 1 N–H and O–H groups in total. The van der Waals surface area contributed by atoms with Crippen LogP contribution in [-0.4, -0.2) is 28.4 Å². The number of carbonyl (C=O) groups is 2. The molecule has 28 heavy (non-hydrogen) atoms. The first-order valence-electron chi connectivity index (χ1n) is 8.40. The molecule has 8 heteroatoms. The van der Waals surface area contributed by atoms with Crippen LogP contribution in [0.25, 0.3) is 0 Å². The zero-order chi connectivity index (χ0) is 20.7. The second kappa shape index (κ2) is 9.50. The highest BCUT2D eigenvalue weighted by Crippen LogP contribution is 2.27. The number of ketones is 1. The van der Waals surface area contributed by atoms with Crippen LogP contribution >= 0.6 is 11.6 Å². The quantitative estimate of drug-likeness (QED) is 0.561. The number of aromatic nitrogens is 1. The predicted molar refractivity (Wildman–Crippen MR) is 99.8 cm³/mol. The highest BCUT2D eigenvalue weighted by molar-refractivity contribution is 6.31. The fourth-order valence-electron chi connectivity index (χ4n) is 2.55. The maximum absolute atomic E-state index is 12.4. The molecule has 0 spiro atoms. The third-order valence-corrected chi connectivity index (χ3v) is 4.24. The largest absolute Gasteiger partial charge is 0.504 e. The number of rotatable bonds is 7. The Balaban J connectivity index is 2.37. The van der Waals surface area contributed by atoms with Gasteiger partial charge in [-0.2, -0.15) is 10.5 Å². The van der Waals surface area contributed by atoms with E-state index in [1.165, 1.54) is 6.07 Å². The number of aromatic hydroxyl groups is 1. The molecule has 2 rings (SSSR count). The number of benzene rings is 1. The first-order valence-corrected chi connectivity index (χ1v) is 8.78. The third-order valence-electron chi connectivity index (χ3n) is 3.89. The molecule has 0 saturated heterocycles. The molecule has 0 aliphatic heterocycles. The maximum Gasteiger partial charge on any atom is 0.306 e. The zero-order valence-electron chi connectivity index (χ0n) is 15.0. The van der Waals surface area contributed by atoms with Crippen LogP contribution in [0.2, 0.25) is 5.02 Å². The Morgan fingerprint density at radius 3 is 2.57 bits per heavy atom. The summed E-state index contributed by atoms with van der Waals surface area (Å²) in [5, 5.41) is 29.0. The summed E-state index contributed by atoms with van der Waals surface area (Å²) in [6, 6.07) is 10.0. The Morgan fingerprint density at radius 2 is 1.93 bits per heavy atom. The third kappa shape index (κ3) is 4.85. The molecule has 0 saturated carbocycles. The van der Waals surface area contributed by atoms with Gasteiger partial charge in [0.25, 0.3) is 0 Å². The van der Waals surface area contributed by atoms with Crippen LogP contribution in [-0.2, 0) is 16.0 Å². The molecule has 1 heterocycles. The second-order valence-electron chi connectivity index (χ2n) is 5.75. The molecule has 0 amide bonds. The molecule has 0 aliphatic carbocycles. The lowest BCUT2D eigenvalue weighted by atomic mass is 10.0. The standard InChI is InChI=1S/C20H16ClN3O4/c1-2-28-18(26)7-6-17(25)19-20(27)13(11-23)8-14(24-19)9-15-12(10-22)4-3-5-16(15)21/h3-5,8,27H,2,6-7,9H2,1H3. The normalized spacial score (nSPS) is 10.0. The average Bonchev–Trinajstić information content (AvgIpc) is 2.68. The van der Waals surface area contributed by atoms with Gasteiger partial charge in [0.05, 0.1) is 30.2 Å². The zero-order valence-corrected chi connectivity index (χ0v) is 15.8. The fraction of sp³-hybridized carbons (Fsp3) is 0.250. The van der Waals surface area contributed by atoms with Gasteiger partial charge in [-0.1, -0.05) is 17.7 Å². The van der Waals surface area contributed by atoms with Gasteiger partial charge >= 0.3 is 5.97 Å². The van der Waals surface area contributed by atoms with Gasteiger partial charge in [0.15, 0.2) is 11.5 Å². The molecule has 1 aromatic carbocycles. The van der Waals surface area contributed by atoms with Crippen LogP contribution in [0.4, 0.5) is 0 Å². The van der Waals surface area contributed by atoms with Gasteiger partial charge in [0.2, 0.25) is 0 Å². The molecular formula is C20H16ClN3O4. The van der Waals surface area contributed by atoms with Crippen molar-refractivity contribution in [1.29, 1.82) is 10.5 Å². The first kappa shape index (κ1) is 20.9. The number of hydrogen-bond acceptors (Lipinski definition) is 7. The number of esters is 1. The van der Waals surface area contributed by atoms with E-state index in [2.05, 4.69) is 4.98 Å². The van der Waals surface area contributed by atoms with Crippen molar-refractivity contribution in [3.63, 3.8) is 0 Å². The minimum Gasteiger partial charge on any atom is -0.504 e. The Morgan fingerprint density at radius 1 is 1.21 bits per heavy atom. The van der Waals surface area contributed by atoms with E-state index in [0.29, 0.717) is 21.8 Å². The first-order chi connectivity index (χ1) is 13.4. The van der Waals surface area contributed by atoms with Gasteiger partial charge in [-0.15, -0.1) is 0 Å². The lowest BCUT2D eigenvalue weighted by molar-refractivity contribution is -0.143. The van der Waals surface area contributed by atoms with Crippen molar-refractivity contribution in [1.82, 2.24) is 4.98 Å². The molecular weight excluding hydrogens is 382 g/mol. The van der Waals surface area contributed by atoms with Crippen molar-refractivity contribution in [2.45, 2.75) is 26.2 Å². The molecule has 0 radical (unpaired) electrons. The smallest absolute Gasteiger partial charge is 0.306 e. The number of hydrogen-bond donors (Lipinski definition) is 1.